The van der Waals surface area contributed by atoms with Crippen molar-refractivity contribution in [3.8, 4) is 17.6 Å². The summed E-state index contributed by atoms with van der Waals surface area (Å²) >= 11 is 5.63. The van der Waals surface area contributed by atoms with Crippen LogP contribution >= 0.6 is 11.6 Å². The molecule has 0 radical (unpaired) electrons. The van der Waals surface area contributed by atoms with Crippen LogP contribution in [0.2, 0.25) is 0 Å². The van der Waals surface area contributed by atoms with E-state index in [9.17, 15) is 10.1 Å². The van der Waals surface area contributed by atoms with Gasteiger partial charge in [0, 0.05) is 5.88 Å². The van der Waals surface area contributed by atoms with Crippen LogP contribution in [0.5, 0.6) is 0 Å². The third kappa shape index (κ3) is 2.06. The lowest BCUT2D eigenvalue weighted by Crippen LogP contribution is -2.06. The van der Waals surface area contributed by atoms with Crippen molar-refractivity contribution in [3.63, 3.8) is 0 Å². The number of nitro groups is 1. The highest BCUT2D eigenvalue weighted by atomic mass is 35.5. The molecule has 0 bridgehead atoms. The Labute approximate surface area is 118 Å². The first-order valence-corrected chi connectivity index (χ1v) is 6.03. The van der Waals surface area contributed by atoms with Gasteiger partial charge in [0.15, 0.2) is 5.69 Å². The van der Waals surface area contributed by atoms with Gasteiger partial charge in [-0.1, -0.05) is 0 Å². The average Bonchev–Trinajstić information content (AvgIpc) is 2.91. The molecule has 0 spiro atoms. The number of aryl methyl sites for hydroxylation is 1. The van der Waals surface area contributed by atoms with Gasteiger partial charge in [-0.2, -0.15) is 10.4 Å². The Hall–Kier alpha value is -2.60. The average molecular weight is 296 g/mol. The Kier molecular flexibility index (Phi) is 3.58. The molecule has 0 saturated carbocycles. The van der Waals surface area contributed by atoms with Crippen molar-refractivity contribution in [3.05, 3.63) is 21.9 Å². The fraction of sp³-hybridized carbons (Fsp3) is 0.300. The molecule has 9 nitrogen and oxygen atoms in total. The van der Waals surface area contributed by atoms with E-state index < -0.39 is 4.92 Å². The van der Waals surface area contributed by atoms with Crippen molar-refractivity contribution in [2.45, 2.75) is 6.54 Å². The summed E-state index contributed by atoms with van der Waals surface area (Å²) in [5, 5.41) is 24.1. The third-order valence-corrected chi connectivity index (χ3v) is 2.93. The molecule has 2 rings (SSSR count). The fourth-order valence-electron chi connectivity index (χ4n) is 1.78. The minimum absolute atomic E-state index is 0.124. The molecule has 2 aromatic heterocycles. The molecular weight excluding hydrogens is 286 g/mol. The molecule has 0 aliphatic rings. The van der Waals surface area contributed by atoms with Crippen LogP contribution in [-0.4, -0.2) is 30.1 Å². The van der Waals surface area contributed by atoms with Crippen molar-refractivity contribution in [2.75, 3.05) is 11.6 Å². The quantitative estimate of drug-likeness (QED) is 0.506. The summed E-state index contributed by atoms with van der Waals surface area (Å²) < 4.78 is 2.62. The Morgan fingerprint density at radius 2 is 2.35 bits per heavy atom. The van der Waals surface area contributed by atoms with Crippen molar-refractivity contribution >= 4 is 23.2 Å². The summed E-state index contributed by atoms with van der Waals surface area (Å²) in [6.07, 6.45) is 1.10. The van der Waals surface area contributed by atoms with Crippen LogP contribution in [0, 0.1) is 21.4 Å². The summed E-state index contributed by atoms with van der Waals surface area (Å²) in [7, 11) is 1.47. The Balaban J connectivity index is 2.61. The van der Waals surface area contributed by atoms with Crippen LogP contribution in [-0.2, 0) is 13.6 Å². The number of rotatable bonds is 4. The van der Waals surface area contributed by atoms with Gasteiger partial charge in [-0.3, -0.25) is 0 Å². The molecule has 0 saturated heterocycles. The normalized spacial score (nSPS) is 10.4. The smallest absolute Gasteiger partial charge is 0.342 e. The maximum absolute atomic E-state index is 10.8. The minimum Gasteiger partial charge on any atom is -0.383 e. The van der Waals surface area contributed by atoms with Crippen LogP contribution < -0.4 is 5.73 Å². The van der Waals surface area contributed by atoms with Gasteiger partial charge in [0.1, 0.15) is 23.6 Å². The molecule has 2 N–H and O–H groups in total. The fourth-order valence-corrected chi connectivity index (χ4v) is 1.94. The summed E-state index contributed by atoms with van der Waals surface area (Å²) in [6, 6.07) is 1.93. The van der Waals surface area contributed by atoms with Gasteiger partial charge in [0.05, 0.1) is 13.6 Å². The van der Waals surface area contributed by atoms with Gasteiger partial charge in [0.25, 0.3) is 5.82 Å². The van der Waals surface area contributed by atoms with Gasteiger partial charge < -0.3 is 15.8 Å². The number of nitrogens with two attached hydrogens (primary N) is 1. The standard InChI is InChI=1S/C10H10ClN7O2/c1-16-7(18(19)20)5-14-10(16)8-6(4-12)9(13)17(15-8)3-2-11/h5H,2-3,13H2,1H3. The van der Waals surface area contributed by atoms with Crippen LogP contribution in [0.15, 0.2) is 6.20 Å². The zero-order valence-electron chi connectivity index (χ0n) is 10.4. The number of anilines is 1. The number of nitriles is 1. The molecule has 0 fully saturated rings. The highest BCUT2D eigenvalue weighted by molar-refractivity contribution is 6.17. The Morgan fingerprint density at radius 1 is 1.65 bits per heavy atom. The first-order valence-electron chi connectivity index (χ1n) is 5.50. The number of hydrogen-bond acceptors (Lipinski definition) is 6. The van der Waals surface area contributed by atoms with E-state index >= 15 is 0 Å². The molecule has 0 unspecified atom stereocenters. The second-order valence-corrected chi connectivity index (χ2v) is 4.27. The van der Waals surface area contributed by atoms with E-state index in [0.29, 0.717) is 6.54 Å². The number of halogens is 1. The minimum atomic E-state index is -0.568. The van der Waals surface area contributed by atoms with Crippen LogP contribution in [0.4, 0.5) is 11.6 Å². The zero-order chi connectivity index (χ0) is 14.9. The maximum Gasteiger partial charge on any atom is 0.342 e. The van der Waals surface area contributed by atoms with Crippen molar-refractivity contribution in [1.82, 2.24) is 19.3 Å². The number of nitrogens with zero attached hydrogens (tertiary/aromatic N) is 6. The molecule has 104 valence electrons. The number of imidazole rings is 1. The lowest BCUT2D eigenvalue weighted by atomic mass is 10.2. The first-order chi connectivity index (χ1) is 9.51. The van der Waals surface area contributed by atoms with Crippen molar-refractivity contribution in [1.29, 1.82) is 5.26 Å². The second kappa shape index (κ2) is 5.18. The van der Waals surface area contributed by atoms with Gasteiger partial charge in [0.2, 0.25) is 0 Å². The maximum atomic E-state index is 10.8. The summed E-state index contributed by atoms with van der Waals surface area (Å²) in [5.41, 5.74) is 6.13. The number of hydrogen-bond donors (Lipinski definition) is 1. The Bertz CT molecular complexity index is 712. The van der Waals surface area contributed by atoms with E-state index in [0.717, 1.165) is 6.20 Å². The summed E-state index contributed by atoms with van der Waals surface area (Å²) in [5.74, 6) is 0.438. The molecule has 10 heteroatoms. The zero-order valence-corrected chi connectivity index (χ0v) is 11.2. The highest BCUT2D eigenvalue weighted by Crippen LogP contribution is 2.27. The lowest BCUT2D eigenvalue weighted by Gasteiger charge is -1.98. The van der Waals surface area contributed by atoms with Gasteiger partial charge in [-0.15, -0.1) is 11.6 Å². The van der Waals surface area contributed by atoms with E-state index in [-0.39, 0.29) is 34.6 Å². The lowest BCUT2D eigenvalue weighted by molar-refractivity contribution is -0.391. The number of alkyl halides is 1. The molecule has 0 atom stereocenters. The molecule has 20 heavy (non-hydrogen) atoms. The van der Waals surface area contributed by atoms with Gasteiger partial charge >= 0.3 is 5.82 Å². The number of nitrogen functional groups attached to an aromatic ring is 1. The summed E-state index contributed by atoms with van der Waals surface area (Å²) in [6.45, 7) is 0.328. The highest BCUT2D eigenvalue weighted by Gasteiger charge is 2.26. The first kappa shape index (κ1) is 13.8. The van der Waals surface area contributed by atoms with E-state index in [1.807, 2.05) is 6.07 Å². The molecule has 0 aliphatic heterocycles. The van der Waals surface area contributed by atoms with Crippen LogP contribution in [0.1, 0.15) is 5.56 Å². The van der Waals surface area contributed by atoms with Gasteiger partial charge in [-0.05, 0) is 4.92 Å². The molecule has 0 amide bonds. The van der Waals surface area contributed by atoms with Gasteiger partial charge in [-0.25, -0.2) is 14.2 Å². The monoisotopic (exact) mass is 295 g/mol. The molecule has 2 heterocycles. The van der Waals surface area contributed by atoms with Crippen molar-refractivity contribution in [2.24, 2.45) is 7.05 Å². The van der Waals surface area contributed by atoms with E-state index in [1.54, 1.807) is 0 Å². The predicted molar refractivity (Wildman–Crippen MR) is 70.9 cm³/mol. The van der Waals surface area contributed by atoms with Crippen LogP contribution in [0.25, 0.3) is 11.5 Å². The molecule has 0 aliphatic carbocycles. The largest absolute Gasteiger partial charge is 0.383 e. The third-order valence-electron chi connectivity index (χ3n) is 2.76. The second-order valence-electron chi connectivity index (χ2n) is 3.89. The molecular formula is C10H10ClN7O2. The van der Waals surface area contributed by atoms with E-state index in [2.05, 4.69) is 10.1 Å². The van der Waals surface area contributed by atoms with E-state index in [1.165, 1.54) is 16.3 Å². The van der Waals surface area contributed by atoms with Crippen LogP contribution in [0.3, 0.4) is 0 Å². The predicted octanol–water partition coefficient (Wildman–Crippen LogP) is 0.884. The summed E-state index contributed by atoms with van der Waals surface area (Å²) in [4.78, 5) is 14.2. The van der Waals surface area contributed by atoms with Crippen molar-refractivity contribution < 1.29 is 4.92 Å². The SMILES string of the molecule is Cn1c([N+](=O)[O-])cnc1-c1nn(CCCl)c(N)c1C#N. The molecule has 2 aromatic rings. The Morgan fingerprint density at radius 3 is 2.85 bits per heavy atom. The number of aromatic nitrogens is 4. The topological polar surface area (TPSA) is 129 Å². The van der Waals surface area contributed by atoms with E-state index in [4.69, 9.17) is 22.6 Å². The molecule has 0 aromatic carbocycles.